The Labute approximate surface area is 154 Å². The van der Waals surface area contributed by atoms with Gasteiger partial charge in [-0.3, -0.25) is 4.79 Å². The summed E-state index contributed by atoms with van der Waals surface area (Å²) in [5.74, 6) is 1.29. The van der Waals surface area contributed by atoms with E-state index in [0.29, 0.717) is 28.8 Å². The number of benzene rings is 2. The van der Waals surface area contributed by atoms with Crippen LogP contribution in [0.2, 0.25) is 0 Å². The van der Waals surface area contributed by atoms with Gasteiger partial charge in [-0.1, -0.05) is 6.07 Å². The minimum absolute atomic E-state index is 0.162. The normalized spacial score (nSPS) is 11.9. The topological polar surface area (TPSA) is 85.4 Å². The molecule has 2 aromatic carbocycles. The second-order valence-electron chi connectivity index (χ2n) is 5.84. The maximum Gasteiger partial charge on any atom is 0.274 e. The molecule has 1 amide bonds. The van der Waals surface area contributed by atoms with Crippen molar-refractivity contribution in [3.8, 4) is 11.5 Å². The number of anilines is 3. The Hall–Kier alpha value is -3.68. The second kappa shape index (κ2) is 6.91. The van der Waals surface area contributed by atoms with Gasteiger partial charge >= 0.3 is 0 Å². The van der Waals surface area contributed by atoms with Crippen molar-refractivity contribution in [3.63, 3.8) is 0 Å². The fourth-order valence-electron chi connectivity index (χ4n) is 2.63. The molecule has 0 unspecified atom stereocenters. The average Bonchev–Trinajstić information content (AvgIpc) is 3.09. The predicted molar refractivity (Wildman–Crippen MR) is 97.0 cm³/mol. The summed E-state index contributed by atoms with van der Waals surface area (Å²) in [6.45, 7) is 1.87. The second-order valence-corrected chi connectivity index (χ2v) is 5.84. The molecule has 0 saturated heterocycles. The van der Waals surface area contributed by atoms with Crippen molar-refractivity contribution >= 4 is 23.1 Å². The Morgan fingerprint density at radius 2 is 1.89 bits per heavy atom. The minimum Gasteiger partial charge on any atom is -0.454 e. The fourth-order valence-corrected chi connectivity index (χ4v) is 2.63. The van der Waals surface area contributed by atoms with Crippen LogP contribution in [0.3, 0.4) is 0 Å². The summed E-state index contributed by atoms with van der Waals surface area (Å²) in [6.07, 6.45) is 0. The van der Waals surface area contributed by atoms with Crippen molar-refractivity contribution in [2.75, 3.05) is 17.4 Å². The van der Waals surface area contributed by atoms with E-state index in [2.05, 4.69) is 20.6 Å². The molecule has 0 saturated carbocycles. The average molecular weight is 366 g/mol. The van der Waals surface area contributed by atoms with Gasteiger partial charge < -0.3 is 20.1 Å². The molecule has 8 heteroatoms. The highest BCUT2D eigenvalue weighted by atomic mass is 19.1. The summed E-state index contributed by atoms with van der Waals surface area (Å²) >= 11 is 0. The number of aryl methyl sites for hydroxylation is 1. The van der Waals surface area contributed by atoms with E-state index in [-0.39, 0.29) is 12.5 Å². The predicted octanol–water partition coefficient (Wildman–Crippen LogP) is 3.65. The van der Waals surface area contributed by atoms with E-state index in [1.807, 2.05) is 6.07 Å². The molecular weight excluding hydrogens is 351 g/mol. The van der Waals surface area contributed by atoms with Gasteiger partial charge in [-0.15, -0.1) is 0 Å². The van der Waals surface area contributed by atoms with Crippen LogP contribution in [0.15, 0.2) is 48.5 Å². The molecule has 0 bridgehead atoms. The molecule has 3 aromatic rings. The third-order valence-electron chi connectivity index (χ3n) is 3.80. The third-order valence-corrected chi connectivity index (χ3v) is 3.80. The number of ether oxygens (including phenoxy) is 2. The van der Waals surface area contributed by atoms with Gasteiger partial charge in [0, 0.05) is 23.5 Å². The molecule has 0 fully saturated rings. The van der Waals surface area contributed by atoms with Crippen molar-refractivity contribution in [2.45, 2.75) is 6.92 Å². The number of amides is 1. The highest BCUT2D eigenvalue weighted by molar-refractivity contribution is 6.03. The number of fused-ring (bicyclic) bond motifs is 1. The molecule has 7 nitrogen and oxygen atoms in total. The summed E-state index contributed by atoms with van der Waals surface area (Å²) in [7, 11) is 0. The first-order chi connectivity index (χ1) is 13.1. The zero-order valence-electron chi connectivity index (χ0n) is 14.3. The largest absolute Gasteiger partial charge is 0.454 e. The molecule has 136 valence electrons. The lowest BCUT2D eigenvalue weighted by Crippen LogP contribution is -2.15. The van der Waals surface area contributed by atoms with E-state index in [9.17, 15) is 9.18 Å². The van der Waals surface area contributed by atoms with Gasteiger partial charge in [-0.25, -0.2) is 14.4 Å². The van der Waals surface area contributed by atoms with E-state index < -0.39 is 11.7 Å². The molecule has 1 aromatic heterocycles. The van der Waals surface area contributed by atoms with Gasteiger partial charge in [0.2, 0.25) is 6.79 Å². The van der Waals surface area contributed by atoms with Crippen LogP contribution in [0, 0.1) is 12.7 Å². The molecule has 2 heterocycles. The van der Waals surface area contributed by atoms with Crippen molar-refractivity contribution in [1.29, 1.82) is 0 Å². The number of nitrogens with one attached hydrogen (secondary N) is 2. The Morgan fingerprint density at radius 3 is 2.74 bits per heavy atom. The minimum atomic E-state index is -0.458. The van der Waals surface area contributed by atoms with E-state index in [0.717, 1.165) is 5.69 Å². The van der Waals surface area contributed by atoms with Crippen molar-refractivity contribution < 1.29 is 18.7 Å². The summed E-state index contributed by atoms with van der Waals surface area (Å²) in [4.78, 5) is 20.9. The molecule has 2 N–H and O–H groups in total. The summed E-state index contributed by atoms with van der Waals surface area (Å²) in [5, 5.41) is 5.73. The quantitative estimate of drug-likeness (QED) is 0.733. The number of carbonyl (C=O) groups is 1. The molecule has 27 heavy (non-hydrogen) atoms. The zero-order chi connectivity index (χ0) is 18.8. The monoisotopic (exact) mass is 366 g/mol. The fraction of sp³-hybridized carbons (Fsp3) is 0.105. The first-order valence-corrected chi connectivity index (χ1v) is 8.16. The summed E-state index contributed by atoms with van der Waals surface area (Å²) in [5.41, 5.74) is 1.24. The van der Waals surface area contributed by atoms with Gasteiger partial charge in [0.15, 0.2) is 11.5 Å². The lowest BCUT2D eigenvalue weighted by Gasteiger charge is -2.10. The Bertz CT molecular complexity index is 1030. The molecule has 1 aliphatic rings. The molecular formula is C19H15FN4O3. The lowest BCUT2D eigenvalue weighted by atomic mass is 10.2. The maximum atomic E-state index is 13.3. The molecule has 1 aliphatic heterocycles. The van der Waals surface area contributed by atoms with Crippen molar-refractivity contribution in [3.05, 3.63) is 65.9 Å². The lowest BCUT2D eigenvalue weighted by molar-refractivity contribution is 0.102. The van der Waals surface area contributed by atoms with Gasteiger partial charge in [0.1, 0.15) is 23.2 Å². The van der Waals surface area contributed by atoms with E-state index >= 15 is 0 Å². The standard InChI is InChI=1S/C19H15FN4O3/c1-11-21-15(19(25)24-13-4-2-3-12(20)7-13)9-18(22-11)23-14-5-6-16-17(8-14)27-10-26-16/h2-9H,10H2,1H3,(H,24,25)(H,21,22,23). The Balaban J connectivity index is 1.55. The van der Waals surface area contributed by atoms with Crippen LogP contribution < -0.4 is 20.1 Å². The molecule has 4 rings (SSSR count). The number of hydrogen-bond donors (Lipinski definition) is 2. The number of carbonyl (C=O) groups excluding carboxylic acids is 1. The summed E-state index contributed by atoms with van der Waals surface area (Å²) < 4.78 is 23.9. The summed E-state index contributed by atoms with van der Waals surface area (Å²) in [6, 6.07) is 12.6. The Kier molecular flexibility index (Phi) is 4.29. The zero-order valence-corrected chi connectivity index (χ0v) is 14.3. The molecule has 0 aliphatic carbocycles. The van der Waals surface area contributed by atoms with E-state index in [1.165, 1.54) is 24.3 Å². The van der Waals surface area contributed by atoms with E-state index in [1.54, 1.807) is 25.1 Å². The van der Waals surface area contributed by atoms with Crippen LogP contribution in [-0.2, 0) is 0 Å². The molecule has 0 radical (unpaired) electrons. The smallest absolute Gasteiger partial charge is 0.274 e. The number of hydrogen-bond acceptors (Lipinski definition) is 6. The molecule has 0 spiro atoms. The first-order valence-electron chi connectivity index (χ1n) is 8.16. The van der Waals surface area contributed by atoms with Gasteiger partial charge in [0.25, 0.3) is 5.91 Å². The number of nitrogens with zero attached hydrogens (tertiary/aromatic N) is 2. The van der Waals surface area contributed by atoms with Crippen LogP contribution >= 0.6 is 0 Å². The van der Waals surface area contributed by atoms with Gasteiger partial charge in [-0.2, -0.15) is 0 Å². The van der Waals surface area contributed by atoms with E-state index in [4.69, 9.17) is 9.47 Å². The van der Waals surface area contributed by atoms with Gasteiger partial charge in [-0.05, 0) is 37.3 Å². The maximum absolute atomic E-state index is 13.3. The highest BCUT2D eigenvalue weighted by Gasteiger charge is 2.15. The van der Waals surface area contributed by atoms with Crippen molar-refractivity contribution in [2.24, 2.45) is 0 Å². The van der Waals surface area contributed by atoms with Crippen LogP contribution in [0.5, 0.6) is 11.5 Å². The van der Waals surface area contributed by atoms with Crippen LogP contribution in [0.4, 0.5) is 21.6 Å². The number of halogens is 1. The molecule has 0 atom stereocenters. The van der Waals surface area contributed by atoms with Crippen LogP contribution in [-0.4, -0.2) is 22.7 Å². The SMILES string of the molecule is Cc1nc(Nc2ccc3c(c2)OCO3)cc(C(=O)Nc2cccc(F)c2)n1. The number of rotatable bonds is 4. The van der Waals surface area contributed by atoms with Crippen LogP contribution in [0.1, 0.15) is 16.3 Å². The first kappa shape index (κ1) is 16.8. The Morgan fingerprint density at radius 1 is 1.04 bits per heavy atom. The third kappa shape index (κ3) is 3.79. The van der Waals surface area contributed by atoms with Crippen LogP contribution in [0.25, 0.3) is 0 Å². The van der Waals surface area contributed by atoms with Crippen molar-refractivity contribution in [1.82, 2.24) is 9.97 Å². The highest BCUT2D eigenvalue weighted by Crippen LogP contribution is 2.34. The number of aromatic nitrogens is 2. The van der Waals surface area contributed by atoms with Gasteiger partial charge in [0.05, 0.1) is 0 Å².